The quantitative estimate of drug-likeness (QED) is 0.441. The molecular formula is C17H8F12N2O. The highest BCUT2D eigenvalue weighted by atomic mass is 19.4. The minimum Gasteiger partial charge on any atom is -0.320 e. The number of carbonyl (C=O) groups excluding carboxylic acids is 1. The molecule has 0 bridgehead atoms. The molecule has 2 aromatic carbocycles. The van der Waals surface area contributed by atoms with Crippen LogP contribution in [0.4, 0.5) is 58.4 Å². The minimum absolute atomic E-state index is 0.0441. The lowest BCUT2D eigenvalue weighted by Gasteiger charge is -2.37. The topological polar surface area (TPSA) is 32.3 Å². The molecule has 0 aliphatic carbocycles. The largest absolute Gasteiger partial charge is 0.401 e. The number of amides is 1. The fraction of sp³-hybridized carbons (Fsp3) is 0.353. The van der Waals surface area contributed by atoms with E-state index in [2.05, 4.69) is 0 Å². The van der Waals surface area contributed by atoms with E-state index in [1.165, 1.54) is 35.6 Å². The van der Waals surface area contributed by atoms with Crippen molar-refractivity contribution >= 4 is 22.4 Å². The summed E-state index contributed by atoms with van der Waals surface area (Å²) in [6, 6.07) is -12.8. The van der Waals surface area contributed by atoms with Gasteiger partial charge in [0, 0.05) is 11.1 Å². The van der Waals surface area contributed by atoms with E-state index in [0.29, 0.717) is 0 Å². The third-order valence-electron chi connectivity index (χ3n) is 4.69. The van der Waals surface area contributed by atoms with Crippen molar-refractivity contribution < 1.29 is 57.5 Å². The van der Waals surface area contributed by atoms with Crippen molar-refractivity contribution in [3.05, 3.63) is 42.5 Å². The molecule has 0 unspecified atom stereocenters. The molecule has 1 fully saturated rings. The smallest absolute Gasteiger partial charge is 0.320 e. The van der Waals surface area contributed by atoms with E-state index >= 15 is 0 Å². The second kappa shape index (κ2) is 6.65. The first-order valence-electron chi connectivity index (χ1n) is 8.21. The second-order valence-corrected chi connectivity index (χ2v) is 6.66. The number of halogens is 12. The maximum Gasteiger partial charge on any atom is 0.401 e. The number of anilines is 1. The van der Waals surface area contributed by atoms with Crippen LogP contribution in [0.5, 0.6) is 0 Å². The van der Waals surface area contributed by atoms with Gasteiger partial charge in [-0.15, -0.1) is 4.90 Å². The van der Waals surface area contributed by atoms with Crippen molar-refractivity contribution in [1.82, 2.24) is 4.90 Å². The molecule has 176 valence electrons. The van der Waals surface area contributed by atoms with Gasteiger partial charge in [0.1, 0.15) is 0 Å². The molecule has 0 spiro atoms. The van der Waals surface area contributed by atoms with Crippen molar-refractivity contribution in [2.24, 2.45) is 0 Å². The summed E-state index contributed by atoms with van der Waals surface area (Å²) < 4.78 is 164. The molecule has 1 saturated heterocycles. The standard InChI is InChI=1S/C17H8F12N2O/c18-12(19,11(32)30-10-7-3-5-8-4-1-2-6-9(8)10)15(24,25)31-16(26,27)13(20,21)14(22,23)17(31,28)29/h1-7H,(H,30,32). The van der Waals surface area contributed by atoms with Gasteiger partial charge in [-0.25, -0.2) is 0 Å². The Hall–Kier alpha value is -2.71. The number of nitrogens with one attached hydrogen (secondary N) is 1. The number of nitrogens with zero attached hydrogens (tertiary/aromatic N) is 1. The van der Waals surface area contributed by atoms with Crippen LogP contribution in [0.3, 0.4) is 0 Å². The number of rotatable bonds is 4. The van der Waals surface area contributed by atoms with Crippen LogP contribution in [-0.2, 0) is 4.79 Å². The van der Waals surface area contributed by atoms with Crippen molar-refractivity contribution in [2.45, 2.75) is 35.9 Å². The summed E-state index contributed by atoms with van der Waals surface area (Å²) in [5.41, 5.74) is -0.612. The molecule has 1 heterocycles. The maximum absolute atomic E-state index is 14.2. The highest BCUT2D eigenvalue weighted by molar-refractivity contribution is 6.04. The van der Waals surface area contributed by atoms with Gasteiger partial charge in [0.25, 0.3) is 0 Å². The summed E-state index contributed by atoms with van der Waals surface area (Å²) in [5.74, 6) is -24.2. The normalized spacial score (nSPS) is 22.1. The molecule has 0 aromatic heterocycles. The van der Waals surface area contributed by atoms with Crippen molar-refractivity contribution in [3.63, 3.8) is 0 Å². The molecule has 1 aliphatic rings. The molecule has 3 rings (SSSR count). The number of carbonyl (C=O) groups is 1. The summed E-state index contributed by atoms with van der Waals surface area (Å²) in [6.45, 7) is 0. The van der Waals surface area contributed by atoms with Crippen molar-refractivity contribution in [3.8, 4) is 0 Å². The Morgan fingerprint density at radius 1 is 0.750 bits per heavy atom. The molecule has 1 amide bonds. The van der Waals surface area contributed by atoms with Gasteiger partial charge in [0.05, 0.1) is 0 Å². The molecule has 2 aromatic rings. The molecule has 1 aliphatic heterocycles. The number of alkyl halides is 12. The highest BCUT2D eigenvalue weighted by Crippen LogP contribution is 2.66. The Morgan fingerprint density at radius 2 is 1.22 bits per heavy atom. The number of hydrogen-bond donors (Lipinski definition) is 1. The number of likely N-dealkylation sites (tertiary alicyclic amines) is 1. The van der Waals surface area contributed by atoms with E-state index in [0.717, 1.165) is 12.1 Å². The number of benzene rings is 2. The van der Waals surface area contributed by atoms with E-state index in [9.17, 15) is 57.5 Å². The van der Waals surface area contributed by atoms with Crippen LogP contribution in [0.1, 0.15) is 0 Å². The molecule has 1 N–H and O–H groups in total. The molecule has 0 atom stereocenters. The molecule has 32 heavy (non-hydrogen) atoms. The summed E-state index contributed by atoms with van der Waals surface area (Å²) in [6.07, 6.45) is 0. The van der Waals surface area contributed by atoms with Gasteiger partial charge in [-0.1, -0.05) is 36.4 Å². The van der Waals surface area contributed by atoms with Gasteiger partial charge >= 0.3 is 41.8 Å². The highest BCUT2D eigenvalue weighted by Gasteiger charge is 2.98. The lowest BCUT2D eigenvalue weighted by molar-refractivity contribution is -0.399. The summed E-state index contributed by atoms with van der Waals surface area (Å²) in [7, 11) is 0. The van der Waals surface area contributed by atoms with E-state index in [1.54, 1.807) is 0 Å². The molecular weight excluding hydrogens is 476 g/mol. The average Bonchev–Trinajstić information content (AvgIpc) is 2.73. The summed E-state index contributed by atoms with van der Waals surface area (Å²) in [5, 5.41) is 1.41. The Balaban J connectivity index is 2.06. The fourth-order valence-electron chi connectivity index (χ4n) is 3.00. The maximum atomic E-state index is 14.2. The zero-order chi connectivity index (χ0) is 24.5. The van der Waals surface area contributed by atoms with Gasteiger partial charge in [-0.2, -0.15) is 52.7 Å². The second-order valence-electron chi connectivity index (χ2n) is 6.66. The van der Waals surface area contributed by atoms with Gasteiger partial charge in [0.2, 0.25) is 0 Å². The van der Waals surface area contributed by atoms with Crippen LogP contribution >= 0.6 is 0 Å². The van der Waals surface area contributed by atoms with Crippen LogP contribution < -0.4 is 5.32 Å². The molecule has 15 heteroatoms. The van der Waals surface area contributed by atoms with Crippen LogP contribution in [0, 0.1) is 0 Å². The first-order chi connectivity index (χ1) is 14.3. The SMILES string of the molecule is O=C(Nc1cccc2ccccc12)C(F)(F)C(F)(F)N1C(F)(F)C(F)(F)C(F)(F)C1(F)F. The van der Waals surface area contributed by atoms with E-state index in [-0.39, 0.29) is 10.8 Å². The minimum atomic E-state index is -7.20. The number of hydrogen-bond acceptors (Lipinski definition) is 2. The Labute approximate surface area is 169 Å². The number of fused-ring (bicyclic) bond motifs is 1. The fourth-order valence-corrected chi connectivity index (χ4v) is 3.00. The zero-order valence-electron chi connectivity index (χ0n) is 14.9. The zero-order valence-corrected chi connectivity index (χ0v) is 14.9. The Morgan fingerprint density at radius 3 is 1.75 bits per heavy atom. The lowest BCUT2D eigenvalue weighted by Crippen LogP contribution is -2.67. The third kappa shape index (κ3) is 2.79. The van der Waals surface area contributed by atoms with Gasteiger partial charge in [-0.05, 0) is 11.5 Å². The Kier molecular flexibility index (Phi) is 4.98. The van der Waals surface area contributed by atoms with Crippen LogP contribution in [0.15, 0.2) is 42.5 Å². The summed E-state index contributed by atoms with van der Waals surface area (Å²) >= 11 is 0. The van der Waals surface area contributed by atoms with Crippen LogP contribution in [-0.4, -0.2) is 46.7 Å². The Bertz CT molecular complexity index is 1040. The van der Waals surface area contributed by atoms with E-state index < -0.39 is 52.4 Å². The average molecular weight is 484 g/mol. The van der Waals surface area contributed by atoms with Crippen molar-refractivity contribution in [2.75, 3.05) is 5.32 Å². The first-order valence-corrected chi connectivity index (χ1v) is 8.21. The van der Waals surface area contributed by atoms with Gasteiger partial charge in [0.15, 0.2) is 0 Å². The predicted octanol–water partition coefficient (Wildman–Crippen LogP) is 5.78. The third-order valence-corrected chi connectivity index (χ3v) is 4.69. The summed E-state index contributed by atoms with van der Waals surface area (Å²) in [4.78, 5) is 8.18. The monoisotopic (exact) mass is 484 g/mol. The van der Waals surface area contributed by atoms with E-state index in [4.69, 9.17) is 0 Å². The van der Waals surface area contributed by atoms with Gasteiger partial charge in [-0.3, -0.25) is 4.79 Å². The molecule has 3 nitrogen and oxygen atoms in total. The first kappa shape index (κ1) is 23.9. The lowest BCUT2D eigenvalue weighted by atomic mass is 10.1. The van der Waals surface area contributed by atoms with Crippen molar-refractivity contribution in [1.29, 1.82) is 0 Å². The molecule has 0 radical (unpaired) electrons. The van der Waals surface area contributed by atoms with Crippen LogP contribution in [0.25, 0.3) is 10.8 Å². The molecule has 0 saturated carbocycles. The van der Waals surface area contributed by atoms with E-state index in [1.807, 2.05) is 0 Å². The predicted molar refractivity (Wildman–Crippen MR) is 84.1 cm³/mol. The van der Waals surface area contributed by atoms with Crippen LogP contribution in [0.2, 0.25) is 0 Å². The van der Waals surface area contributed by atoms with Gasteiger partial charge < -0.3 is 5.32 Å².